The number of alkyl halides is 3. The van der Waals surface area contributed by atoms with Gasteiger partial charge in [0, 0.05) is 6.04 Å². The summed E-state index contributed by atoms with van der Waals surface area (Å²) in [5.41, 5.74) is 5.55. The van der Waals surface area contributed by atoms with Crippen LogP contribution in [0, 0.1) is 5.92 Å². The smallest absolute Gasteiger partial charge is 0.324 e. The van der Waals surface area contributed by atoms with Crippen LogP contribution in [0.15, 0.2) is 24.3 Å². The van der Waals surface area contributed by atoms with Gasteiger partial charge in [0.15, 0.2) is 0 Å². The van der Waals surface area contributed by atoms with Crippen LogP contribution in [0.25, 0.3) is 0 Å². The van der Waals surface area contributed by atoms with E-state index in [4.69, 9.17) is 5.73 Å². The molecular weight excluding hydrogens is 215 g/mol. The Morgan fingerprint density at radius 1 is 1.19 bits per heavy atom. The van der Waals surface area contributed by atoms with E-state index in [0.29, 0.717) is 0 Å². The molecule has 1 nitrogen and oxygen atoms in total. The first-order chi connectivity index (χ1) is 7.50. The third-order valence-electron chi connectivity index (χ3n) is 3.28. The van der Waals surface area contributed by atoms with E-state index < -0.39 is 17.8 Å². The Kier molecular flexibility index (Phi) is 2.93. The summed E-state index contributed by atoms with van der Waals surface area (Å²) in [6, 6.07) is 5.13. The van der Waals surface area contributed by atoms with Crippen molar-refractivity contribution in [1.29, 1.82) is 0 Å². The Labute approximate surface area is 92.5 Å². The van der Waals surface area contributed by atoms with Gasteiger partial charge in [-0.1, -0.05) is 24.6 Å². The lowest BCUT2D eigenvalue weighted by Crippen LogP contribution is -2.28. The van der Waals surface area contributed by atoms with Gasteiger partial charge in [-0.3, -0.25) is 0 Å². The maximum Gasteiger partial charge on any atom is 0.416 e. The van der Waals surface area contributed by atoms with E-state index in [1.807, 2.05) is 0 Å². The Morgan fingerprint density at radius 3 is 2.31 bits per heavy atom. The molecule has 1 saturated carbocycles. The van der Waals surface area contributed by atoms with Gasteiger partial charge in [0.2, 0.25) is 0 Å². The molecule has 1 aliphatic carbocycles. The number of hydrogen-bond donors (Lipinski definition) is 1. The molecule has 1 aliphatic rings. The summed E-state index contributed by atoms with van der Waals surface area (Å²) in [5.74, 6) is 0.212. The molecule has 1 aromatic rings. The standard InChI is InChI=1S/C12H14F3N/c13-12(14,15)10-7-2-1-6-9(10)11(16)8-4-3-5-8/h1-2,6-8,11H,3-5,16H2. The van der Waals surface area contributed by atoms with Crippen molar-refractivity contribution in [2.75, 3.05) is 0 Å². The summed E-state index contributed by atoms with van der Waals surface area (Å²) in [5, 5.41) is 0. The highest BCUT2D eigenvalue weighted by Crippen LogP contribution is 2.41. The SMILES string of the molecule is NC(c1ccccc1C(F)(F)F)C1CCC1. The summed E-state index contributed by atoms with van der Waals surface area (Å²) in [4.78, 5) is 0. The van der Waals surface area contributed by atoms with E-state index in [9.17, 15) is 13.2 Å². The predicted octanol–water partition coefficient (Wildman–Crippen LogP) is 3.51. The van der Waals surface area contributed by atoms with Gasteiger partial charge in [-0.25, -0.2) is 0 Å². The van der Waals surface area contributed by atoms with Crippen molar-refractivity contribution < 1.29 is 13.2 Å². The van der Waals surface area contributed by atoms with Crippen molar-refractivity contribution in [3.8, 4) is 0 Å². The molecule has 2 N–H and O–H groups in total. The fraction of sp³-hybridized carbons (Fsp3) is 0.500. The van der Waals surface area contributed by atoms with E-state index in [0.717, 1.165) is 25.3 Å². The van der Waals surface area contributed by atoms with E-state index >= 15 is 0 Å². The fourth-order valence-electron chi connectivity index (χ4n) is 2.10. The van der Waals surface area contributed by atoms with Crippen LogP contribution in [0.3, 0.4) is 0 Å². The lowest BCUT2D eigenvalue weighted by Gasteiger charge is -2.32. The molecule has 88 valence electrons. The molecule has 1 unspecified atom stereocenters. The van der Waals surface area contributed by atoms with E-state index in [1.165, 1.54) is 12.1 Å². The molecule has 0 radical (unpaired) electrons. The lowest BCUT2D eigenvalue weighted by atomic mass is 9.76. The first-order valence-electron chi connectivity index (χ1n) is 5.42. The largest absolute Gasteiger partial charge is 0.416 e. The first-order valence-corrected chi connectivity index (χ1v) is 5.42. The van der Waals surface area contributed by atoms with E-state index in [1.54, 1.807) is 6.07 Å². The minimum Gasteiger partial charge on any atom is -0.324 e. The van der Waals surface area contributed by atoms with Crippen molar-refractivity contribution >= 4 is 0 Å². The number of benzene rings is 1. The highest BCUT2D eigenvalue weighted by Gasteiger charge is 2.36. The highest BCUT2D eigenvalue weighted by atomic mass is 19.4. The van der Waals surface area contributed by atoms with Crippen LogP contribution < -0.4 is 5.73 Å². The van der Waals surface area contributed by atoms with Crippen LogP contribution in [0.5, 0.6) is 0 Å². The van der Waals surface area contributed by atoms with Crippen molar-refractivity contribution in [2.24, 2.45) is 11.7 Å². The molecule has 0 aromatic heterocycles. The predicted molar refractivity (Wildman–Crippen MR) is 55.7 cm³/mol. The Bertz CT molecular complexity index is 369. The van der Waals surface area contributed by atoms with E-state index in [2.05, 4.69) is 0 Å². The number of nitrogens with two attached hydrogens (primary N) is 1. The van der Waals surface area contributed by atoms with Crippen LogP contribution in [-0.2, 0) is 6.18 Å². The molecule has 1 atom stereocenters. The van der Waals surface area contributed by atoms with Gasteiger partial charge in [0.1, 0.15) is 0 Å². The van der Waals surface area contributed by atoms with Crippen LogP contribution in [0.2, 0.25) is 0 Å². The maximum absolute atomic E-state index is 12.7. The Hall–Kier alpha value is -1.03. The van der Waals surface area contributed by atoms with Gasteiger partial charge in [0.05, 0.1) is 5.56 Å². The molecule has 0 amide bonds. The van der Waals surface area contributed by atoms with Gasteiger partial charge in [-0.05, 0) is 30.4 Å². The summed E-state index contributed by atoms with van der Waals surface area (Å²) in [6.07, 6.45) is -1.36. The number of halogens is 3. The van der Waals surface area contributed by atoms with Gasteiger partial charge in [0.25, 0.3) is 0 Å². The van der Waals surface area contributed by atoms with Crippen molar-refractivity contribution in [3.05, 3.63) is 35.4 Å². The topological polar surface area (TPSA) is 26.0 Å². The molecule has 2 rings (SSSR count). The second-order valence-corrected chi connectivity index (χ2v) is 4.30. The molecule has 16 heavy (non-hydrogen) atoms. The average molecular weight is 229 g/mol. The molecule has 0 spiro atoms. The van der Waals surface area contributed by atoms with Crippen LogP contribution in [0.4, 0.5) is 13.2 Å². The molecule has 1 aromatic carbocycles. The number of rotatable bonds is 2. The summed E-state index contributed by atoms with van der Waals surface area (Å²) < 4.78 is 38.2. The van der Waals surface area contributed by atoms with Crippen molar-refractivity contribution in [1.82, 2.24) is 0 Å². The van der Waals surface area contributed by atoms with Gasteiger partial charge in [-0.2, -0.15) is 13.2 Å². The van der Waals surface area contributed by atoms with Crippen molar-refractivity contribution in [2.45, 2.75) is 31.5 Å². The first kappa shape index (κ1) is 11.5. The molecule has 0 heterocycles. The summed E-state index contributed by atoms with van der Waals surface area (Å²) in [7, 11) is 0. The average Bonchev–Trinajstić information content (AvgIpc) is 2.13. The zero-order chi connectivity index (χ0) is 11.8. The molecule has 4 heteroatoms. The second kappa shape index (κ2) is 4.09. The minimum absolute atomic E-state index is 0.212. The molecule has 0 bridgehead atoms. The molecular formula is C12H14F3N. The normalized spacial score (nSPS) is 19.2. The third kappa shape index (κ3) is 2.07. The highest BCUT2D eigenvalue weighted by molar-refractivity contribution is 5.32. The summed E-state index contributed by atoms with van der Waals surface area (Å²) in [6.45, 7) is 0. The second-order valence-electron chi connectivity index (χ2n) is 4.30. The van der Waals surface area contributed by atoms with Gasteiger partial charge >= 0.3 is 6.18 Å². The molecule has 0 aliphatic heterocycles. The van der Waals surface area contributed by atoms with Crippen LogP contribution in [-0.4, -0.2) is 0 Å². The zero-order valence-electron chi connectivity index (χ0n) is 8.80. The minimum atomic E-state index is -4.31. The Balaban J connectivity index is 2.32. The van der Waals surface area contributed by atoms with Gasteiger partial charge < -0.3 is 5.73 Å². The van der Waals surface area contributed by atoms with Crippen molar-refractivity contribution in [3.63, 3.8) is 0 Å². The zero-order valence-corrected chi connectivity index (χ0v) is 8.80. The molecule has 0 saturated heterocycles. The quantitative estimate of drug-likeness (QED) is 0.825. The fourth-order valence-corrected chi connectivity index (χ4v) is 2.10. The van der Waals surface area contributed by atoms with Gasteiger partial charge in [-0.15, -0.1) is 0 Å². The number of hydrogen-bond acceptors (Lipinski definition) is 1. The molecule has 1 fully saturated rings. The van der Waals surface area contributed by atoms with E-state index in [-0.39, 0.29) is 11.5 Å². The van der Waals surface area contributed by atoms with Crippen LogP contribution in [0.1, 0.15) is 36.4 Å². The Morgan fingerprint density at radius 2 is 1.81 bits per heavy atom. The maximum atomic E-state index is 12.7. The monoisotopic (exact) mass is 229 g/mol. The lowest BCUT2D eigenvalue weighted by molar-refractivity contribution is -0.138. The van der Waals surface area contributed by atoms with Crippen LogP contribution >= 0.6 is 0 Å². The summed E-state index contributed by atoms with van der Waals surface area (Å²) >= 11 is 0. The third-order valence-corrected chi connectivity index (χ3v) is 3.28.